The zero-order valence-electron chi connectivity index (χ0n) is 14.7. The number of nitrogens with one attached hydrogen (secondary N) is 2. The third-order valence-corrected chi connectivity index (χ3v) is 5.57. The molecule has 5 heteroatoms. The third-order valence-electron chi connectivity index (χ3n) is 5.57. The van der Waals surface area contributed by atoms with E-state index in [9.17, 15) is 9.90 Å². The number of carbonyl (C=O) groups is 1. The van der Waals surface area contributed by atoms with Crippen molar-refractivity contribution in [3.8, 4) is 0 Å². The Bertz CT molecular complexity index is 590. The molecule has 0 radical (unpaired) electrons. The van der Waals surface area contributed by atoms with Crippen LogP contribution in [0.1, 0.15) is 43.2 Å². The number of benzene rings is 1. The predicted molar refractivity (Wildman–Crippen MR) is 94.9 cm³/mol. The number of hydrogen-bond acceptors (Lipinski definition) is 3. The van der Waals surface area contributed by atoms with Crippen LogP contribution in [0.3, 0.4) is 0 Å². The van der Waals surface area contributed by atoms with Crippen LogP contribution >= 0.6 is 0 Å². The van der Waals surface area contributed by atoms with Crippen molar-refractivity contribution in [1.82, 2.24) is 15.5 Å². The van der Waals surface area contributed by atoms with Crippen LogP contribution in [0.4, 0.5) is 4.79 Å². The summed E-state index contributed by atoms with van der Waals surface area (Å²) in [5.41, 5.74) is 1.21. The summed E-state index contributed by atoms with van der Waals surface area (Å²) in [6.45, 7) is 0.264. The highest BCUT2D eigenvalue weighted by Crippen LogP contribution is 2.34. The van der Waals surface area contributed by atoms with Crippen molar-refractivity contribution in [2.45, 2.75) is 56.2 Å². The summed E-state index contributed by atoms with van der Waals surface area (Å²) < 4.78 is 0. The van der Waals surface area contributed by atoms with Crippen molar-refractivity contribution in [2.75, 3.05) is 20.6 Å². The molecule has 132 valence electrons. The summed E-state index contributed by atoms with van der Waals surface area (Å²) >= 11 is 0. The Morgan fingerprint density at radius 2 is 2.12 bits per heavy atom. The van der Waals surface area contributed by atoms with E-state index in [-0.39, 0.29) is 18.6 Å². The maximum atomic E-state index is 12.2. The first-order chi connectivity index (χ1) is 11.5. The second-order valence-corrected chi connectivity index (χ2v) is 7.50. The lowest BCUT2D eigenvalue weighted by atomic mass is 9.79. The number of carbonyl (C=O) groups excluding carboxylic acids is 1. The summed E-state index contributed by atoms with van der Waals surface area (Å²) in [6, 6.07) is 8.61. The molecule has 24 heavy (non-hydrogen) atoms. The van der Waals surface area contributed by atoms with Gasteiger partial charge in [-0.1, -0.05) is 24.3 Å². The lowest BCUT2D eigenvalue weighted by Gasteiger charge is -2.34. The van der Waals surface area contributed by atoms with Crippen LogP contribution in [-0.4, -0.2) is 48.8 Å². The molecule has 0 aromatic heterocycles. The number of nitrogens with zero attached hydrogens (tertiary/aromatic N) is 1. The van der Waals surface area contributed by atoms with Gasteiger partial charge in [-0.3, -0.25) is 0 Å². The van der Waals surface area contributed by atoms with Crippen LogP contribution in [0.15, 0.2) is 24.3 Å². The zero-order chi connectivity index (χ0) is 17.2. The van der Waals surface area contributed by atoms with Crippen LogP contribution in [0.25, 0.3) is 0 Å². The second-order valence-electron chi connectivity index (χ2n) is 7.50. The maximum Gasteiger partial charge on any atom is 0.315 e. The molecule has 3 N–H and O–H groups in total. The first-order valence-corrected chi connectivity index (χ1v) is 8.99. The summed E-state index contributed by atoms with van der Waals surface area (Å²) in [5, 5.41) is 16.9. The number of hydrogen-bond donors (Lipinski definition) is 3. The van der Waals surface area contributed by atoms with E-state index >= 15 is 0 Å². The highest BCUT2D eigenvalue weighted by atomic mass is 16.3. The van der Waals surface area contributed by atoms with Crippen molar-refractivity contribution < 1.29 is 9.90 Å². The molecule has 0 aliphatic heterocycles. The van der Waals surface area contributed by atoms with Gasteiger partial charge in [0.25, 0.3) is 0 Å². The topological polar surface area (TPSA) is 64.6 Å². The average Bonchev–Trinajstić information content (AvgIpc) is 3.02. The van der Waals surface area contributed by atoms with Crippen LogP contribution in [0, 0.1) is 0 Å². The van der Waals surface area contributed by atoms with Gasteiger partial charge in [0, 0.05) is 12.1 Å². The molecule has 3 atom stereocenters. The van der Waals surface area contributed by atoms with E-state index in [1.807, 2.05) is 18.2 Å². The van der Waals surface area contributed by atoms with Crippen molar-refractivity contribution in [3.63, 3.8) is 0 Å². The lowest BCUT2D eigenvalue weighted by molar-refractivity contribution is 0.0216. The van der Waals surface area contributed by atoms with E-state index in [2.05, 4.69) is 35.7 Å². The van der Waals surface area contributed by atoms with Gasteiger partial charge in [0.2, 0.25) is 0 Å². The third kappa shape index (κ3) is 3.73. The van der Waals surface area contributed by atoms with Crippen LogP contribution in [0.5, 0.6) is 0 Å². The van der Waals surface area contributed by atoms with Gasteiger partial charge in [-0.25, -0.2) is 4.79 Å². The molecule has 2 aliphatic carbocycles. The second kappa shape index (κ2) is 7.11. The van der Waals surface area contributed by atoms with E-state index in [1.165, 1.54) is 5.56 Å². The van der Waals surface area contributed by atoms with E-state index < -0.39 is 5.60 Å². The SMILES string of the molecule is CN(C)C1CCC(NC(=O)NCC2(O)CCCc3ccccc32)C1. The summed E-state index contributed by atoms with van der Waals surface area (Å²) in [6.07, 6.45) is 5.77. The van der Waals surface area contributed by atoms with Gasteiger partial charge < -0.3 is 20.6 Å². The van der Waals surface area contributed by atoms with Gasteiger partial charge in [-0.05, 0) is 63.7 Å². The summed E-state index contributed by atoms with van der Waals surface area (Å²) in [4.78, 5) is 14.4. The minimum absolute atomic E-state index is 0.170. The molecule has 1 aromatic rings. The van der Waals surface area contributed by atoms with Crippen molar-refractivity contribution in [3.05, 3.63) is 35.4 Å². The molecule has 2 amide bonds. The van der Waals surface area contributed by atoms with Crippen molar-refractivity contribution in [2.24, 2.45) is 0 Å². The molecule has 0 bridgehead atoms. The van der Waals surface area contributed by atoms with Gasteiger partial charge in [-0.2, -0.15) is 0 Å². The number of rotatable bonds is 4. The molecular formula is C19H29N3O2. The summed E-state index contributed by atoms with van der Waals surface area (Å²) in [7, 11) is 4.17. The van der Waals surface area contributed by atoms with Gasteiger partial charge in [-0.15, -0.1) is 0 Å². The average molecular weight is 331 g/mol. The van der Waals surface area contributed by atoms with E-state index in [0.717, 1.165) is 37.7 Å². The first kappa shape index (κ1) is 17.2. The molecule has 3 rings (SSSR count). The first-order valence-electron chi connectivity index (χ1n) is 8.99. The van der Waals surface area contributed by atoms with E-state index in [0.29, 0.717) is 12.5 Å². The highest BCUT2D eigenvalue weighted by molar-refractivity contribution is 5.74. The van der Waals surface area contributed by atoms with Crippen molar-refractivity contribution in [1.29, 1.82) is 0 Å². The highest BCUT2D eigenvalue weighted by Gasteiger charge is 2.35. The molecule has 2 aliphatic rings. The van der Waals surface area contributed by atoms with Gasteiger partial charge in [0.1, 0.15) is 5.60 Å². The Balaban J connectivity index is 1.54. The fourth-order valence-electron chi connectivity index (χ4n) is 4.10. The van der Waals surface area contributed by atoms with E-state index in [1.54, 1.807) is 0 Å². The molecule has 1 aromatic carbocycles. The fourth-order valence-corrected chi connectivity index (χ4v) is 4.10. The molecule has 0 heterocycles. The number of aryl methyl sites for hydroxylation is 1. The lowest BCUT2D eigenvalue weighted by Crippen LogP contribution is -2.48. The van der Waals surface area contributed by atoms with Gasteiger partial charge in [0.15, 0.2) is 0 Å². The smallest absolute Gasteiger partial charge is 0.315 e. The number of urea groups is 1. The Labute approximate surface area is 144 Å². The minimum atomic E-state index is -0.950. The van der Waals surface area contributed by atoms with E-state index in [4.69, 9.17) is 0 Å². The maximum absolute atomic E-state index is 12.2. The normalized spacial score (nSPS) is 29.3. The molecular weight excluding hydrogens is 302 g/mol. The summed E-state index contributed by atoms with van der Waals surface area (Å²) in [5.74, 6) is 0. The fraction of sp³-hybridized carbons (Fsp3) is 0.632. The van der Waals surface area contributed by atoms with Crippen LogP contribution in [0.2, 0.25) is 0 Å². The Kier molecular flexibility index (Phi) is 5.11. The van der Waals surface area contributed by atoms with Gasteiger partial charge >= 0.3 is 6.03 Å². The minimum Gasteiger partial charge on any atom is -0.383 e. The zero-order valence-corrected chi connectivity index (χ0v) is 14.7. The molecule has 1 saturated carbocycles. The molecule has 3 unspecified atom stereocenters. The quantitative estimate of drug-likeness (QED) is 0.791. The van der Waals surface area contributed by atoms with Crippen LogP contribution in [-0.2, 0) is 12.0 Å². The standard InChI is InChI=1S/C19H29N3O2/c1-22(2)16-10-9-15(12-16)21-18(23)20-13-19(24)11-5-7-14-6-3-4-8-17(14)19/h3-4,6,8,15-16,24H,5,7,9-13H2,1-2H3,(H2,20,21,23). The largest absolute Gasteiger partial charge is 0.383 e. The number of amides is 2. The predicted octanol–water partition coefficient (Wildman–Crippen LogP) is 1.99. The molecule has 1 fully saturated rings. The Hall–Kier alpha value is -1.59. The van der Waals surface area contributed by atoms with Gasteiger partial charge in [0.05, 0.1) is 6.54 Å². The monoisotopic (exact) mass is 331 g/mol. The van der Waals surface area contributed by atoms with Crippen molar-refractivity contribution >= 4 is 6.03 Å². The number of aliphatic hydroxyl groups is 1. The van der Waals surface area contributed by atoms with Crippen LogP contribution < -0.4 is 10.6 Å². The number of fused-ring (bicyclic) bond motifs is 1. The Morgan fingerprint density at radius 3 is 2.88 bits per heavy atom. The molecule has 0 spiro atoms. The Morgan fingerprint density at radius 1 is 1.33 bits per heavy atom. The molecule has 5 nitrogen and oxygen atoms in total. The molecule has 0 saturated heterocycles.